The fourth-order valence-corrected chi connectivity index (χ4v) is 4.19. The molecule has 0 unspecified atom stereocenters. The number of imidazole rings is 1. The Morgan fingerprint density at radius 2 is 1.94 bits per heavy atom. The van der Waals surface area contributed by atoms with Crippen molar-refractivity contribution < 1.29 is 9.90 Å². The lowest BCUT2D eigenvalue weighted by molar-refractivity contribution is -0.121. The van der Waals surface area contributed by atoms with E-state index in [1.807, 2.05) is 6.07 Å². The van der Waals surface area contributed by atoms with Crippen molar-refractivity contribution in [2.75, 3.05) is 11.9 Å². The first-order valence-corrected chi connectivity index (χ1v) is 10.4. The highest BCUT2D eigenvalue weighted by Crippen LogP contribution is 2.31. The molecule has 0 saturated heterocycles. The number of amides is 1. The maximum absolute atomic E-state index is 12.8. The number of pyridine rings is 2. The summed E-state index contributed by atoms with van der Waals surface area (Å²) in [5, 5.41) is 11.9. The molecule has 4 rings (SSSR count). The average molecular weight is 419 g/mol. The molecule has 0 atom stereocenters. The number of carbonyl (C=O) groups is 1. The van der Waals surface area contributed by atoms with Gasteiger partial charge in [0.25, 0.3) is 0 Å². The number of carbonyl (C=O) groups excluding carboxylic acids is 1. The lowest BCUT2D eigenvalue weighted by Crippen LogP contribution is -2.31. The molecule has 8 nitrogen and oxygen atoms in total. The minimum Gasteiger partial charge on any atom is -0.384 e. The molecule has 1 amide bonds. The van der Waals surface area contributed by atoms with Crippen molar-refractivity contribution in [1.29, 1.82) is 0 Å². The molecule has 1 saturated carbocycles. The fourth-order valence-electron chi connectivity index (χ4n) is 4.19. The summed E-state index contributed by atoms with van der Waals surface area (Å²) in [7, 11) is 1.74. The molecule has 8 heteroatoms. The smallest absolute Gasteiger partial charge is 0.330 e. The number of nitrogens with one attached hydrogen (secondary N) is 1. The summed E-state index contributed by atoms with van der Waals surface area (Å²) in [5.74, 6) is 5.72. The molecular weight excluding hydrogens is 394 g/mol. The molecular formula is C23H25N5O3. The average Bonchev–Trinajstić information content (AvgIpc) is 3.03. The summed E-state index contributed by atoms with van der Waals surface area (Å²) < 4.78 is 3.31. The fraction of sp³-hybridized carbons (Fsp3) is 0.391. The van der Waals surface area contributed by atoms with Crippen LogP contribution in [0.1, 0.15) is 31.4 Å². The SMILES string of the molecule is Cn1c(=O)n(CC2CCC(C(=O)Nc3ccncc3)CC2)c2nc(C#CCO)ccc21. The van der Waals surface area contributed by atoms with Crippen LogP contribution in [0.5, 0.6) is 0 Å². The zero-order valence-electron chi connectivity index (χ0n) is 17.4. The molecule has 1 aliphatic carbocycles. The highest BCUT2D eigenvalue weighted by atomic mass is 16.2. The Kier molecular flexibility index (Phi) is 6.14. The summed E-state index contributed by atoms with van der Waals surface area (Å²) >= 11 is 0. The molecule has 1 fully saturated rings. The van der Waals surface area contributed by atoms with Crippen molar-refractivity contribution in [2.45, 2.75) is 32.2 Å². The van der Waals surface area contributed by atoms with Crippen LogP contribution in [0.25, 0.3) is 11.2 Å². The van der Waals surface area contributed by atoms with E-state index in [1.54, 1.807) is 46.8 Å². The van der Waals surface area contributed by atoms with Gasteiger partial charge in [-0.25, -0.2) is 9.78 Å². The van der Waals surface area contributed by atoms with Crippen molar-refractivity contribution >= 4 is 22.8 Å². The third-order valence-electron chi connectivity index (χ3n) is 5.89. The van der Waals surface area contributed by atoms with Crippen molar-refractivity contribution in [1.82, 2.24) is 19.1 Å². The van der Waals surface area contributed by atoms with Gasteiger partial charge in [-0.05, 0) is 61.8 Å². The molecule has 2 N–H and O–H groups in total. The van der Waals surface area contributed by atoms with Crippen LogP contribution in [0.4, 0.5) is 5.69 Å². The zero-order valence-corrected chi connectivity index (χ0v) is 17.4. The molecule has 0 spiro atoms. The third-order valence-corrected chi connectivity index (χ3v) is 5.89. The van der Waals surface area contributed by atoms with E-state index in [9.17, 15) is 9.59 Å². The van der Waals surface area contributed by atoms with Gasteiger partial charge < -0.3 is 10.4 Å². The summed E-state index contributed by atoms with van der Waals surface area (Å²) in [4.78, 5) is 33.9. The van der Waals surface area contributed by atoms with Crippen LogP contribution in [0.2, 0.25) is 0 Å². The third kappa shape index (κ3) is 4.52. The number of aryl methyl sites for hydroxylation is 1. The summed E-state index contributed by atoms with van der Waals surface area (Å²) in [6, 6.07) is 7.15. The van der Waals surface area contributed by atoms with Crippen LogP contribution < -0.4 is 11.0 Å². The number of fused-ring (bicyclic) bond motifs is 1. The normalized spacial score (nSPS) is 18.4. The van der Waals surface area contributed by atoms with Crippen molar-refractivity contribution in [3.63, 3.8) is 0 Å². The predicted molar refractivity (Wildman–Crippen MR) is 117 cm³/mol. The number of hydrogen-bond acceptors (Lipinski definition) is 5. The molecule has 31 heavy (non-hydrogen) atoms. The largest absolute Gasteiger partial charge is 0.384 e. The minimum atomic E-state index is -0.237. The lowest BCUT2D eigenvalue weighted by atomic mass is 9.81. The van der Waals surface area contributed by atoms with Crippen LogP contribution >= 0.6 is 0 Å². The number of aliphatic hydroxyl groups is 1. The zero-order chi connectivity index (χ0) is 21.8. The second-order valence-electron chi connectivity index (χ2n) is 7.89. The Balaban J connectivity index is 1.45. The summed E-state index contributed by atoms with van der Waals surface area (Å²) in [5.41, 5.74) is 2.54. The molecule has 160 valence electrons. The minimum absolute atomic E-state index is 0.0212. The Hall–Kier alpha value is -3.44. The molecule has 3 aromatic rings. The van der Waals surface area contributed by atoms with E-state index in [1.165, 1.54) is 0 Å². The molecule has 0 radical (unpaired) electrons. The van der Waals surface area contributed by atoms with Crippen molar-refractivity contribution in [3.05, 3.63) is 52.8 Å². The number of aromatic nitrogens is 4. The van der Waals surface area contributed by atoms with Gasteiger partial charge in [-0.1, -0.05) is 5.92 Å². The first kappa shape index (κ1) is 20.8. The summed E-state index contributed by atoms with van der Waals surface area (Å²) in [6.07, 6.45) is 6.65. The first-order valence-electron chi connectivity index (χ1n) is 10.4. The number of rotatable bonds is 4. The van der Waals surface area contributed by atoms with E-state index in [0.717, 1.165) is 36.9 Å². The molecule has 0 aliphatic heterocycles. The van der Waals surface area contributed by atoms with Gasteiger partial charge in [0.05, 0.1) is 5.52 Å². The van der Waals surface area contributed by atoms with Gasteiger partial charge in [-0.3, -0.25) is 18.9 Å². The standard InChI is InChI=1S/C23H25N5O3/c1-27-20-9-8-18(3-2-14-29)25-21(20)28(23(27)31)15-16-4-6-17(7-5-16)22(30)26-19-10-12-24-13-11-19/h8-13,16-17,29H,4-7,14-15H2,1H3,(H,24,26,30). The van der Waals surface area contributed by atoms with Gasteiger partial charge >= 0.3 is 5.69 Å². The lowest BCUT2D eigenvalue weighted by Gasteiger charge is -2.27. The second kappa shape index (κ2) is 9.14. The van der Waals surface area contributed by atoms with Gasteiger partial charge in [0.15, 0.2) is 5.65 Å². The van der Waals surface area contributed by atoms with E-state index in [-0.39, 0.29) is 24.1 Å². The van der Waals surface area contributed by atoms with E-state index < -0.39 is 0 Å². The quantitative estimate of drug-likeness (QED) is 0.629. The van der Waals surface area contributed by atoms with Crippen LogP contribution in [-0.2, 0) is 18.4 Å². The van der Waals surface area contributed by atoms with Gasteiger partial charge in [0, 0.05) is 37.6 Å². The van der Waals surface area contributed by atoms with Crippen molar-refractivity contribution in [2.24, 2.45) is 18.9 Å². The number of hydrogen-bond donors (Lipinski definition) is 2. The predicted octanol–water partition coefficient (Wildman–Crippen LogP) is 1.92. The molecule has 3 heterocycles. The van der Waals surface area contributed by atoms with Gasteiger partial charge in [0.1, 0.15) is 12.3 Å². The Morgan fingerprint density at radius 3 is 2.65 bits per heavy atom. The Morgan fingerprint density at radius 1 is 1.19 bits per heavy atom. The molecule has 1 aliphatic rings. The highest BCUT2D eigenvalue weighted by Gasteiger charge is 2.27. The van der Waals surface area contributed by atoms with E-state index in [2.05, 4.69) is 27.1 Å². The van der Waals surface area contributed by atoms with Gasteiger partial charge in [-0.2, -0.15) is 0 Å². The molecule has 0 aromatic carbocycles. The summed E-state index contributed by atoms with van der Waals surface area (Å²) in [6.45, 7) is 0.331. The number of aliphatic hydroxyl groups excluding tert-OH is 1. The number of nitrogens with zero attached hydrogens (tertiary/aromatic N) is 4. The van der Waals surface area contributed by atoms with Gasteiger partial charge in [-0.15, -0.1) is 0 Å². The number of anilines is 1. The highest BCUT2D eigenvalue weighted by molar-refractivity contribution is 5.92. The van der Waals surface area contributed by atoms with Gasteiger partial charge in [0.2, 0.25) is 5.91 Å². The monoisotopic (exact) mass is 419 g/mol. The van der Waals surface area contributed by atoms with Crippen LogP contribution in [-0.4, -0.2) is 36.7 Å². The molecule has 0 bridgehead atoms. The van der Waals surface area contributed by atoms with E-state index in [4.69, 9.17) is 5.11 Å². The maximum atomic E-state index is 12.8. The van der Waals surface area contributed by atoms with E-state index in [0.29, 0.717) is 23.8 Å². The Bertz CT molecular complexity index is 1190. The topological polar surface area (TPSA) is 102 Å². The van der Waals surface area contributed by atoms with E-state index >= 15 is 0 Å². The van der Waals surface area contributed by atoms with Crippen LogP contribution in [0, 0.1) is 23.7 Å². The van der Waals surface area contributed by atoms with Crippen molar-refractivity contribution in [3.8, 4) is 11.8 Å². The van der Waals surface area contributed by atoms with Crippen LogP contribution in [0.15, 0.2) is 41.5 Å². The first-order chi connectivity index (χ1) is 15.1. The second-order valence-corrected chi connectivity index (χ2v) is 7.89. The maximum Gasteiger partial charge on any atom is 0.330 e. The van der Waals surface area contributed by atoms with Crippen LogP contribution in [0.3, 0.4) is 0 Å². The Labute approximate surface area is 179 Å². The molecule has 3 aromatic heterocycles.